The van der Waals surface area contributed by atoms with Crippen molar-refractivity contribution in [2.45, 2.75) is 25.7 Å². The Bertz CT molecular complexity index is 1010. The van der Waals surface area contributed by atoms with Gasteiger partial charge < -0.3 is 4.98 Å². The zero-order valence-corrected chi connectivity index (χ0v) is 15.0. The molecule has 3 heterocycles. The number of aromatic amines is 1. The standard InChI is InChI=1S/C19H16F3N3OS/c20-19(21,22)18-23-16-6-7-25(10-15(16)17(26)24-18)9-14-8-13(11-27-14)12-4-2-1-3-5-12/h1-5,8,11H,6-7,9-10H2,(H,23,24,26). The lowest BCUT2D eigenvalue weighted by Gasteiger charge is -2.27. The molecule has 3 aromatic rings. The first-order chi connectivity index (χ1) is 12.9. The van der Waals surface area contributed by atoms with Gasteiger partial charge in [0.1, 0.15) is 0 Å². The molecule has 27 heavy (non-hydrogen) atoms. The molecule has 0 atom stereocenters. The first-order valence-corrected chi connectivity index (χ1v) is 9.32. The van der Waals surface area contributed by atoms with Crippen LogP contribution in [0.1, 0.15) is 22.0 Å². The molecule has 0 saturated carbocycles. The van der Waals surface area contributed by atoms with Crippen LogP contribution in [-0.4, -0.2) is 21.4 Å². The van der Waals surface area contributed by atoms with Crippen molar-refractivity contribution in [1.82, 2.24) is 14.9 Å². The van der Waals surface area contributed by atoms with E-state index in [0.717, 1.165) is 16.0 Å². The Kier molecular flexibility index (Phi) is 4.61. The highest BCUT2D eigenvalue weighted by Crippen LogP contribution is 2.29. The van der Waals surface area contributed by atoms with E-state index >= 15 is 0 Å². The van der Waals surface area contributed by atoms with Crippen molar-refractivity contribution in [3.8, 4) is 11.1 Å². The van der Waals surface area contributed by atoms with Gasteiger partial charge in [0, 0.05) is 30.9 Å². The second-order valence-electron chi connectivity index (χ2n) is 6.47. The summed E-state index contributed by atoms with van der Waals surface area (Å²) in [6.07, 6.45) is -4.31. The van der Waals surface area contributed by atoms with Crippen molar-refractivity contribution < 1.29 is 13.2 Å². The summed E-state index contributed by atoms with van der Waals surface area (Å²) in [6.45, 7) is 1.52. The molecule has 8 heteroatoms. The van der Waals surface area contributed by atoms with Crippen molar-refractivity contribution in [2.75, 3.05) is 6.54 Å². The lowest BCUT2D eigenvalue weighted by Crippen LogP contribution is -2.36. The van der Waals surface area contributed by atoms with Crippen LogP contribution >= 0.6 is 11.3 Å². The number of thiophene rings is 1. The van der Waals surface area contributed by atoms with E-state index in [2.05, 4.69) is 21.3 Å². The van der Waals surface area contributed by atoms with Crippen LogP contribution < -0.4 is 5.56 Å². The first-order valence-electron chi connectivity index (χ1n) is 8.44. The Morgan fingerprint density at radius 2 is 1.96 bits per heavy atom. The van der Waals surface area contributed by atoms with Crippen LogP contribution in [0.2, 0.25) is 0 Å². The van der Waals surface area contributed by atoms with Gasteiger partial charge in [0.15, 0.2) is 0 Å². The topological polar surface area (TPSA) is 49.0 Å². The minimum atomic E-state index is -4.64. The third-order valence-electron chi connectivity index (χ3n) is 4.56. The molecule has 0 radical (unpaired) electrons. The molecular formula is C19H16F3N3OS. The van der Waals surface area contributed by atoms with Crippen molar-refractivity contribution in [2.24, 2.45) is 0 Å². The van der Waals surface area contributed by atoms with E-state index in [4.69, 9.17) is 0 Å². The lowest BCUT2D eigenvalue weighted by molar-refractivity contribution is -0.145. The predicted octanol–water partition coefficient (Wildman–Crippen LogP) is 4.08. The van der Waals surface area contributed by atoms with Gasteiger partial charge in [-0.3, -0.25) is 9.69 Å². The van der Waals surface area contributed by atoms with Crippen molar-refractivity contribution in [1.29, 1.82) is 0 Å². The molecule has 1 aliphatic heterocycles. The first kappa shape index (κ1) is 17.9. The molecule has 1 aliphatic rings. The average molecular weight is 391 g/mol. The molecule has 0 amide bonds. The van der Waals surface area contributed by atoms with Crippen LogP contribution in [0, 0.1) is 0 Å². The van der Waals surface area contributed by atoms with Gasteiger partial charge in [-0.1, -0.05) is 30.3 Å². The highest BCUT2D eigenvalue weighted by atomic mass is 32.1. The van der Waals surface area contributed by atoms with Crippen molar-refractivity contribution >= 4 is 11.3 Å². The van der Waals surface area contributed by atoms with E-state index in [1.807, 2.05) is 35.3 Å². The fourth-order valence-corrected chi connectivity index (χ4v) is 4.15. The minimum Gasteiger partial charge on any atom is -0.303 e. The van der Waals surface area contributed by atoms with E-state index in [0.29, 0.717) is 31.6 Å². The number of hydrogen-bond acceptors (Lipinski definition) is 4. The Morgan fingerprint density at radius 3 is 2.70 bits per heavy atom. The van der Waals surface area contributed by atoms with Crippen LogP contribution in [0.15, 0.2) is 46.6 Å². The van der Waals surface area contributed by atoms with Gasteiger partial charge in [0.2, 0.25) is 5.82 Å². The van der Waals surface area contributed by atoms with E-state index < -0.39 is 17.6 Å². The summed E-state index contributed by atoms with van der Waals surface area (Å²) >= 11 is 1.64. The Balaban J connectivity index is 1.51. The third kappa shape index (κ3) is 3.81. The average Bonchev–Trinajstić information content (AvgIpc) is 3.10. The van der Waals surface area contributed by atoms with Gasteiger partial charge in [-0.15, -0.1) is 11.3 Å². The van der Waals surface area contributed by atoms with Crippen molar-refractivity contribution in [3.05, 3.63) is 74.1 Å². The zero-order valence-electron chi connectivity index (χ0n) is 14.2. The van der Waals surface area contributed by atoms with Gasteiger partial charge in [-0.25, -0.2) is 4.98 Å². The molecule has 4 nitrogen and oxygen atoms in total. The molecule has 0 spiro atoms. The second-order valence-corrected chi connectivity index (χ2v) is 7.46. The fraction of sp³-hybridized carbons (Fsp3) is 0.263. The number of halogens is 3. The molecule has 0 fully saturated rings. The summed E-state index contributed by atoms with van der Waals surface area (Å²) in [5.41, 5.74) is 2.16. The Hall–Kier alpha value is -2.45. The maximum absolute atomic E-state index is 12.8. The van der Waals surface area contributed by atoms with Gasteiger partial charge >= 0.3 is 6.18 Å². The number of benzene rings is 1. The fourth-order valence-electron chi connectivity index (χ4n) is 3.22. The van der Waals surface area contributed by atoms with Crippen LogP contribution in [0.5, 0.6) is 0 Å². The van der Waals surface area contributed by atoms with Crippen LogP contribution in [0.25, 0.3) is 11.1 Å². The predicted molar refractivity (Wildman–Crippen MR) is 97.4 cm³/mol. The van der Waals surface area contributed by atoms with E-state index in [-0.39, 0.29) is 5.69 Å². The smallest absolute Gasteiger partial charge is 0.303 e. The summed E-state index contributed by atoms with van der Waals surface area (Å²) < 4.78 is 38.4. The maximum atomic E-state index is 12.8. The van der Waals surface area contributed by atoms with E-state index in [1.165, 1.54) is 0 Å². The summed E-state index contributed by atoms with van der Waals surface area (Å²) in [4.78, 5) is 20.8. The van der Waals surface area contributed by atoms with Crippen LogP contribution in [0.4, 0.5) is 13.2 Å². The summed E-state index contributed by atoms with van der Waals surface area (Å²) in [7, 11) is 0. The molecule has 1 N–H and O–H groups in total. The van der Waals surface area contributed by atoms with Gasteiger partial charge in [0.05, 0.1) is 11.3 Å². The van der Waals surface area contributed by atoms with Crippen molar-refractivity contribution in [3.63, 3.8) is 0 Å². The zero-order chi connectivity index (χ0) is 19.0. The van der Waals surface area contributed by atoms with E-state index in [1.54, 1.807) is 11.3 Å². The van der Waals surface area contributed by atoms with Crippen LogP contribution in [-0.2, 0) is 25.7 Å². The quantitative estimate of drug-likeness (QED) is 0.732. The number of rotatable bonds is 3. The van der Waals surface area contributed by atoms with Gasteiger partial charge in [-0.05, 0) is 22.6 Å². The Labute approximate surface area is 157 Å². The highest BCUT2D eigenvalue weighted by molar-refractivity contribution is 7.10. The Morgan fingerprint density at radius 1 is 1.19 bits per heavy atom. The molecule has 0 aliphatic carbocycles. The largest absolute Gasteiger partial charge is 0.449 e. The molecule has 0 bridgehead atoms. The number of H-pyrrole nitrogens is 1. The molecule has 2 aromatic heterocycles. The normalized spacial score (nSPS) is 14.9. The minimum absolute atomic E-state index is 0.249. The third-order valence-corrected chi connectivity index (χ3v) is 5.48. The van der Waals surface area contributed by atoms with Crippen LogP contribution in [0.3, 0.4) is 0 Å². The number of nitrogens with one attached hydrogen (secondary N) is 1. The number of hydrogen-bond donors (Lipinski definition) is 1. The summed E-state index contributed by atoms with van der Waals surface area (Å²) in [5.74, 6) is -1.22. The molecule has 4 rings (SSSR count). The van der Waals surface area contributed by atoms with E-state index in [9.17, 15) is 18.0 Å². The monoisotopic (exact) mass is 391 g/mol. The second kappa shape index (κ2) is 6.94. The highest BCUT2D eigenvalue weighted by Gasteiger charge is 2.35. The summed E-state index contributed by atoms with van der Waals surface area (Å²) in [5, 5.41) is 2.09. The number of nitrogens with zero attached hydrogens (tertiary/aromatic N) is 2. The van der Waals surface area contributed by atoms with Gasteiger partial charge in [-0.2, -0.15) is 13.2 Å². The summed E-state index contributed by atoms with van der Waals surface area (Å²) in [6, 6.07) is 12.2. The number of fused-ring (bicyclic) bond motifs is 1. The number of alkyl halides is 3. The molecule has 1 aromatic carbocycles. The molecule has 0 unspecified atom stereocenters. The van der Waals surface area contributed by atoms with Gasteiger partial charge in [0.25, 0.3) is 5.56 Å². The molecular weight excluding hydrogens is 375 g/mol. The molecule has 0 saturated heterocycles. The number of aromatic nitrogens is 2. The lowest BCUT2D eigenvalue weighted by atomic mass is 10.1. The maximum Gasteiger partial charge on any atom is 0.449 e. The SMILES string of the molecule is O=c1[nH]c(C(F)(F)F)nc2c1CN(Cc1cc(-c3ccccc3)cs1)CC2. The molecule has 140 valence electrons.